The number of carbonyl (C=O) groups excluding carboxylic acids is 1. The van der Waals surface area contributed by atoms with Gasteiger partial charge in [-0.05, 0) is 23.3 Å². The monoisotopic (exact) mass is 407 g/mol. The average molecular weight is 407 g/mol. The van der Waals surface area contributed by atoms with Crippen LogP contribution >= 0.6 is 11.8 Å². The number of nitrogens with zero attached hydrogens (tertiary/aromatic N) is 1. The van der Waals surface area contributed by atoms with Crippen molar-refractivity contribution in [2.24, 2.45) is 0 Å². The van der Waals surface area contributed by atoms with Crippen molar-refractivity contribution in [3.63, 3.8) is 0 Å². The SMILES string of the molecule is CC(NC(=O)CSc1nc(C(F)(F)F)cc(=O)[nH]1)c1cccc2ccccc12. The van der Waals surface area contributed by atoms with E-state index in [4.69, 9.17) is 0 Å². The lowest BCUT2D eigenvalue weighted by atomic mass is 10.00. The van der Waals surface area contributed by atoms with Gasteiger partial charge in [0.05, 0.1) is 11.8 Å². The van der Waals surface area contributed by atoms with Crippen LogP contribution in [-0.4, -0.2) is 21.6 Å². The first-order valence-corrected chi connectivity index (χ1v) is 9.31. The van der Waals surface area contributed by atoms with Gasteiger partial charge in [-0.15, -0.1) is 0 Å². The Morgan fingerprint density at radius 2 is 1.93 bits per heavy atom. The molecule has 3 aromatic rings. The number of H-pyrrole nitrogens is 1. The van der Waals surface area contributed by atoms with E-state index >= 15 is 0 Å². The molecule has 0 fully saturated rings. The fourth-order valence-electron chi connectivity index (χ4n) is 2.77. The third-order valence-corrected chi connectivity index (χ3v) is 4.89. The molecule has 0 radical (unpaired) electrons. The first-order chi connectivity index (χ1) is 13.2. The van der Waals surface area contributed by atoms with Crippen molar-refractivity contribution in [1.82, 2.24) is 15.3 Å². The van der Waals surface area contributed by atoms with Gasteiger partial charge in [0, 0.05) is 6.07 Å². The quantitative estimate of drug-likeness (QED) is 0.497. The Morgan fingerprint density at radius 1 is 1.21 bits per heavy atom. The molecule has 1 amide bonds. The summed E-state index contributed by atoms with van der Waals surface area (Å²) in [6.45, 7) is 1.83. The van der Waals surface area contributed by atoms with E-state index < -0.39 is 17.4 Å². The predicted octanol–water partition coefficient (Wildman–Crippen LogP) is 3.91. The zero-order valence-electron chi connectivity index (χ0n) is 14.7. The third-order valence-electron chi connectivity index (χ3n) is 4.02. The number of aromatic nitrogens is 2. The lowest BCUT2D eigenvalue weighted by Gasteiger charge is -2.16. The average Bonchev–Trinajstić information content (AvgIpc) is 2.64. The number of alkyl halides is 3. The highest BCUT2D eigenvalue weighted by atomic mass is 32.2. The highest BCUT2D eigenvalue weighted by molar-refractivity contribution is 7.99. The summed E-state index contributed by atoms with van der Waals surface area (Å²) >= 11 is 0.735. The summed E-state index contributed by atoms with van der Waals surface area (Å²) in [6.07, 6.45) is -4.73. The first kappa shape index (κ1) is 19.9. The van der Waals surface area contributed by atoms with Crippen LogP contribution in [0.15, 0.2) is 58.5 Å². The number of nitrogens with one attached hydrogen (secondary N) is 2. The standard InChI is InChI=1S/C19H16F3N3O2S/c1-11(13-8-4-6-12-5-2-3-7-14(12)13)23-17(27)10-28-18-24-15(19(20,21)22)9-16(26)25-18/h2-9,11H,10H2,1H3,(H,23,27)(H,24,25,26). The minimum atomic E-state index is -4.73. The van der Waals surface area contributed by atoms with Crippen LogP contribution in [0.3, 0.4) is 0 Å². The zero-order valence-corrected chi connectivity index (χ0v) is 15.5. The molecule has 0 aliphatic carbocycles. The Morgan fingerprint density at radius 3 is 2.68 bits per heavy atom. The lowest BCUT2D eigenvalue weighted by Crippen LogP contribution is -2.28. The maximum atomic E-state index is 12.7. The van der Waals surface area contributed by atoms with E-state index in [-0.39, 0.29) is 22.9 Å². The molecule has 1 atom stereocenters. The van der Waals surface area contributed by atoms with E-state index in [0.29, 0.717) is 6.07 Å². The smallest absolute Gasteiger partial charge is 0.349 e. The number of hydrogen-bond acceptors (Lipinski definition) is 4. The molecule has 0 saturated carbocycles. The number of halogens is 3. The normalized spacial score (nSPS) is 12.7. The van der Waals surface area contributed by atoms with Crippen LogP contribution in [0.5, 0.6) is 0 Å². The van der Waals surface area contributed by atoms with E-state index in [1.54, 1.807) is 0 Å². The van der Waals surface area contributed by atoms with E-state index in [9.17, 15) is 22.8 Å². The molecule has 146 valence electrons. The van der Waals surface area contributed by atoms with Gasteiger partial charge in [-0.1, -0.05) is 54.2 Å². The molecule has 1 unspecified atom stereocenters. The Hall–Kier alpha value is -2.81. The van der Waals surface area contributed by atoms with Gasteiger partial charge in [0.1, 0.15) is 0 Å². The molecule has 0 bridgehead atoms. The number of rotatable bonds is 5. The summed E-state index contributed by atoms with van der Waals surface area (Å²) in [7, 11) is 0. The molecule has 0 aliphatic rings. The van der Waals surface area contributed by atoms with Crippen molar-refractivity contribution in [1.29, 1.82) is 0 Å². The number of carbonyl (C=O) groups is 1. The van der Waals surface area contributed by atoms with Gasteiger partial charge in [0.15, 0.2) is 10.9 Å². The van der Waals surface area contributed by atoms with E-state index in [0.717, 1.165) is 28.1 Å². The number of amides is 1. The Bertz CT molecular complexity index is 1060. The van der Waals surface area contributed by atoms with Gasteiger partial charge in [-0.2, -0.15) is 13.2 Å². The second-order valence-corrected chi connectivity index (χ2v) is 7.04. The largest absolute Gasteiger partial charge is 0.433 e. The molecule has 28 heavy (non-hydrogen) atoms. The molecule has 0 spiro atoms. The molecule has 1 heterocycles. The molecular formula is C19H16F3N3O2S. The molecule has 2 aromatic carbocycles. The molecular weight excluding hydrogens is 391 g/mol. The van der Waals surface area contributed by atoms with Crippen molar-refractivity contribution in [2.45, 2.75) is 24.3 Å². The molecule has 3 rings (SSSR count). The van der Waals surface area contributed by atoms with Crippen molar-refractivity contribution in [3.8, 4) is 0 Å². The summed E-state index contributed by atoms with van der Waals surface area (Å²) in [5.74, 6) is -0.565. The Labute approximate surface area is 162 Å². The van der Waals surface area contributed by atoms with Crippen molar-refractivity contribution in [3.05, 3.63) is 70.1 Å². The molecule has 5 nitrogen and oxygen atoms in total. The minimum Gasteiger partial charge on any atom is -0.349 e. The highest BCUT2D eigenvalue weighted by Gasteiger charge is 2.33. The predicted molar refractivity (Wildman–Crippen MR) is 101 cm³/mol. The van der Waals surface area contributed by atoms with Gasteiger partial charge in [0.25, 0.3) is 5.56 Å². The topological polar surface area (TPSA) is 74.8 Å². The van der Waals surface area contributed by atoms with Gasteiger partial charge in [-0.25, -0.2) is 4.98 Å². The number of fused-ring (bicyclic) bond motifs is 1. The molecule has 0 aliphatic heterocycles. The fourth-order valence-corrected chi connectivity index (χ4v) is 3.46. The molecule has 1 aromatic heterocycles. The van der Waals surface area contributed by atoms with Crippen molar-refractivity contribution < 1.29 is 18.0 Å². The van der Waals surface area contributed by atoms with Crippen LogP contribution < -0.4 is 10.9 Å². The third kappa shape index (κ3) is 4.72. The van der Waals surface area contributed by atoms with Crippen LogP contribution in [0.2, 0.25) is 0 Å². The van der Waals surface area contributed by atoms with Gasteiger partial charge < -0.3 is 10.3 Å². The van der Waals surface area contributed by atoms with Crippen LogP contribution in [0, 0.1) is 0 Å². The summed E-state index contributed by atoms with van der Waals surface area (Å²) < 4.78 is 38.2. The number of thioether (sulfide) groups is 1. The van der Waals surface area contributed by atoms with Crippen LogP contribution in [0.1, 0.15) is 24.2 Å². The number of hydrogen-bond donors (Lipinski definition) is 2. The van der Waals surface area contributed by atoms with Crippen LogP contribution in [0.25, 0.3) is 10.8 Å². The number of benzene rings is 2. The molecule has 0 saturated heterocycles. The molecule has 2 N–H and O–H groups in total. The fraction of sp³-hybridized carbons (Fsp3) is 0.211. The Balaban J connectivity index is 1.68. The summed E-state index contributed by atoms with van der Waals surface area (Å²) in [5, 5.41) is 4.61. The van der Waals surface area contributed by atoms with Crippen LogP contribution in [-0.2, 0) is 11.0 Å². The van der Waals surface area contributed by atoms with Crippen molar-refractivity contribution in [2.75, 3.05) is 5.75 Å². The maximum absolute atomic E-state index is 12.7. The summed E-state index contributed by atoms with van der Waals surface area (Å²) in [4.78, 5) is 29.2. The minimum absolute atomic E-state index is 0.181. The van der Waals surface area contributed by atoms with Crippen LogP contribution in [0.4, 0.5) is 13.2 Å². The van der Waals surface area contributed by atoms with E-state index in [1.165, 1.54) is 0 Å². The first-order valence-electron chi connectivity index (χ1n) is 8.32. The van der Waals surface area contributed by atoms with E-state index in [1.807, 2.05) is 49.4 Å². The van der Waals surface area contributed by atoms with Crippen molar-refractivity contribution >= 4 is 28.4 Å². The highest BCUT2D eigenvalue weighted by Crippen LogP contribution is 2.28. The Kier molecular flexibility index (Phi) is 5.73. The summed E-state index contributed by atoms with van der Waals surface area (Å²) in [6, 6.07) is 13.6. The zero-order chi connectivity index (χ0) is 20.3. The summed E-state index contributed by atoms with van der Waals surface area (Å²) in [5.41, 5.74) is -1.28. The maximum Gasteiger partial charge on any atom is 0.433 e. The lowest BCUT2D eigenvalue weighted by molar-refractivity contribution is -0.141. The number of aromatic amines is 1. The van der Waals surface area contributed by atoms with Gasteiger partial charge in [-0.3, -0.25) is 9.59 Å². The molecule has 9 heteroatoms. The second kappa shape index (κ2) is 8.05. The van der Waals surface area contributed by atoms with E-state index in [2.05, 4.69) is 15.3 Å². The second-order valence-electron chi connectivity index (χ2n) is 6.08. The van der Waals surface area contributed by atoms with Gasteiger partial charge in [0.2, 0.25) is 5.91 Å². The van der Waals surface area contributed by atoms with Gasteiger partial charge >= 0.3 is 6.18 Å².